The van der Waals surface area contributed by atoms with Gasteiger partial charge in [0.05, 0.1) is 13.2 Å². The Bertz CT molecular complexity index is 305. The maximum atomic E-state index is 5.72. The normalized spacial score (nSPS) is 15.8. The molecule has 1 aliphatic carbocycles. The van der Waals surface area contributed by atoms with Crippen LogP contribution in [0.5, 0.6) is 11.5 Å². The lowest BCUT2D eigenvalue weighted by molar-refractivity contribution is 0.180. The second-order valence-corrected chi connectivity index (χ2v) is 4.02. The second kappa shape index (κ2) is 5.06. The largest absolute Gasteiger partial charge is 0.494 e. The van der Waals surface area contributed by atoms with Gasteiger partial charge in [-0.2, -0.15) is 0 Å². The maximum Gasteiger partial charge on any atom is 0.122 e. The summed E-state index contributed by atoms with van der Waals surface area (Å²) in [6, 6.07) is 7.88. The molecule has 0 saturated heterocycles. The van der Waals surface area contributed by atoms with Crippen molar-refractivity contribution in [2.75, 3.05) is 13.2 Å². The molecule has 1 aromatic rings. The molecule has 1 fully saturated rings. The van der Waals surface area contributed by atoms with Crippen molar-refractivity contribution in [1.82, 2.24) is 0 Å². The fraction of sp³-hybridized carbons (Fsp3) is 0.538. The molecule has 0 bridgehead atoms. The van der Waals surface area contributed by atoms with Crippen LogP contribution < -0.4 is 9.47 Å². The molecule has 15 heavy (non-hydrogen) atoms. The highest BCUT2D eigenvalue weighted by atomic mass is 16.5. The highest BCUT2D eigenvalue weighted by molar-refractivity contribution is 5.32. The molecule has 0 aliphatic heterocycles. The zero-order valence-corrected chi connectivity index (χ0v) is 9.24. The van der Waals surface area contributed by atoms with Crippen LogP contribution in [0.2, 0.25) is 0 Å². The van der Waals surface area contributed by atoms with E-state index in [1.165, 1.54) is 19.3 Å². The smallest absolute Gasteiger partial charge is 0.122 e. The van der Waals surface area contributed by atoms with E-state index in [2.05, 4.69) is 0 Å². The van der Waals surface area contributed by atoms with Gasteiger partial charge in [-0.1, -0.05) is 12.5 Å². The standard InChI is InChI=1S/C13H18O2/c1-2-14-12-7-4-8-13(9-12)15-10-11-5-3-6-11/h4,7-9,11H,2-3,5-6,10H2,1H3. The molecule has 0 amide bonds. The van der Waals surface area contributed by atoms with Gasteiger partial charge < -0.3 is 9.47 Å². The number of hydrogen-bond donors (Lipinski definition) is 0. The van der Waals surface area contributed by atoms with E-state index in [0.29, 0.717) is 6.61 Å². The van der Waals surface area contributed by atoms with Gasteiger partial charge in [0, 0.05) is 6.07 Å². The van der Waals surface area contributed by atoms with Crippen LogP contribution in [-0.4, -0.2) is 13.2 Å². The van der Waals surface area contributed by atoms with Crippen molar-refractivity contribution < 1.29 is 9.47 Å². The molecule has 0 spiro atoms. The Morgan fingerprint density at radius 3 is 2.53 bits per heavy atom. The van der Waals surface area contributed by atoms with E-state index in [0.717, 1.165) is 24.0 Å². The molecule has 0 radical (unpaired) electrons. The minimum Gasteiger partial charge on any atom is -0.494 e. The highest BCUT2D eigenvalue weighted by Crippen LogP contribution is 2.27. The topological polar surface area (TPSA) is 18.5 Å². The first-order valence-electron chi connectivity index (χ1n) is 5.74. The van der Waals surface area contributed by atoms with Crippen LogP contribution in [0.25, 0.3) is 0 Å². The number of ether oxygens (including phenoxy) is 2. The molecule has 82 valence electrons. The molecular weight excluding hydrogens is 188 g/mol. The van der Waals surface area contributed by atoms with Gasteiger partial charge in [-0.3, -0.25) is 0 Å². The summed E-state index contributed by atoms with van der Waals surface area (Å²) in [6.45, 7) is 3.55. The van der Waals surface area contributed by atoms with Crippen LogP contribution in [0, 0.1) is 5.92 Å². The van der Waals surface area contributed by atoms with E-state index in [1.807, 2.05) is 31.2 Å². The van der Waals surface area contributed by atoms with Crippen molar-refractivity contribution >= 4 is 0 Å². The van der Waals surface area contributed by atoms with Gasteiger partial charge in [0.1, 0.15) is 11.5 Å². The first-order chi connectivity index (χ1) is 7.38. The van der Waals surface area contributed by atoms with E-state index in [1.54, 1.807) is 0 Å². The molecule has 2 heteroatoms. The van der Waals surface area contributed by atoms with E-state index in [4.69, 9.17) is 9.47 Å². The van der Waals surface area contributed by atoms with E-state index < -0.39 is 0 Å². The van der Waals surface area contributed by atoms with Crippen LogP contribution in [-0.2, 0) is 0 Å². The van der Waals surface area contributed by atoms with Gasteiger partial charge >= 0.3 is 0 Å². The first-order valence-corrected chi connectivity index (χ1v) is 5.74. The van der Waals surface area contributed by atoms with Crippen molar-refractivity contribution in [3.8, 4) is 11.5 Å². The van der Waals surface area contributed by atoms with E-state index in [-0.39, 0.29) is 0 Å². The molecule has 0 aromatic heterocycles. The maximum absolute atomic E-state index is 5.72. The van der Waals surface area contributed by atoms with Gasteiger partial charge in [0.2, 0.25) is 0 Å². The summed E-state index contributed by atoms with van der Waals surface area (Å²) in [4.78, 5) is 0. The van der Waals surface area contributed by atoms with E-state index in [9.17, 15) is 0 Å². The zero-order chi connectivity index (χ0) is 10.5. The molecule has 2 rings (SSSR count). The minimum absolute atomic E-state index is 0.700. The molecule has 0 heterocycles. The fourth-order valence-corrected chi connectivity index (χ4v) is 1.69. The van der Waals surface area contributed by atoms with Crippen LogP contribution >= 0.6 is 0 Å². The predicted molar refractivity (Wildman–Crippen MR) is 60.4 cm³/mol. The highest BCUT2D eigenvalue weighted by Gasteiger charge is 2.17. The van der Waals surface area contributed by atoms with Crippen molar-refractivity contribution in [3.63, 3.8) is 0 Å². The molecule has 1 aromatic carbocycles. The average Bonchev–Trinajstić information content (AvgIpc) is 2.16. The third kappa shape index (κ3) is 2.88. The summed E-state index contributed by atoms with van der Waals surface area (Å²) < 4.78 is 11.1. The van der Waals surface area contributed by atoms with Crippen molar-refractivity contribution in [3.05, 3.63) is 24.3 Å². The van der Waals surface area contributed by atoms with Gasteiger partial charge in [0.15, 0.2) is 0 Å². The number of rotatable bonds is 5. The van der Waals surface area contributed by atoms with Crippen LogP contribution in [0.4, 0.5) is 0 Å². The van der Waals surface area contributed by atoms with Gasteiger partial charge in [-0.05, 0) is 37.8 Å². The van der Waals surface area contributed by atoms with Crippen molar-refractivity contribution in [1.29, 1.82) is 0 Å². The Morgan fingerprint density at radius 2 is 1.93 bits per heavy atom. The summed E-state index contributed by atoms with van der Waals surface area (Å²) in [5.74, 6) is 2.59. The van der Waals surface area contributed by atoms with E-state index >= 15 is 0 Å². The lowest BCUT2D eigenvalue weighted by Gasteiger charge is -2.25. The van der Waals surface area contributed by atoms with Gasteiger partial charge in [0.25, 0.3) is 0 Å². The molecular formula is C13H18O2. The van der Waals surface area contributed by atoms with Gasteiger partial charge in [-0.15, -0.1) is 0 Å². The van der Waals surface area contributed by atoms with Crippen LogP contribution in [0.3, 0.4) is 0 Å². The first kappa shape index (κ1) is 10.3. The third-order valence-corrected chi connectivity index (χ3v) is 2.83. The lowest BCUT2D eigenvalue weighted by Crippen LogP contribution is -2.19. The quantitative estimate of drug-likeness (QED) is 0.736. The number of benzene rings is 1. The fourth-order valence-electron chi connectivity index (χ4n) is 1.69. The Morgan fingerprint density at radius 1 is 1.20 bits per heavy atom. The predicted octanol–water partition coefficient (Wildman–Crippen LogP) is 3.26. The molecule has 1 saturated carbocycles. The Hall–Kier alpha value is -1.18. The Kier molecular flexibility index (Phi) is 3.49. The summed E-state index contributed by atoms with van der Waals surface area (Å²) in [6.07, 6.45) is 4.02. The summed E-state index contributed by atoms with van der Waals surface area (Å²) >= 11 is 0. The number of hydrogen-bond acceptors (Lipinski definition) is 2. The van der Waals surface area contributed by atoms with Crippen molar-refractivity contribution in [2.45, 2.75) is 26.2 Å². The molecule has 2 nitrogen and oxygen atoms in total. The average molecular weight is 206 g/mol. The van der Waals surface area contributed by atoms with Crippen LogP contribution in [0.15, 0.2) is 24.3 Å². The van der Waals surface area contributed by atoms with Crippen molar-refractivity contribution in [2.24, 2.45) is 5.92 Å². The molecule has 1 aliphatic rings. The SMILES string of the molecule is CCOc1cccc(OCC2CCC2)c1. The minimum atomic E-state index is 0.700. The third-order valence-electron chi connectivity index (χ3n) is 2.83. The Balaban J connectivity index is 1.86. The Labute approximate surface area is 91.2 Å². The lowest BCUT2D eigenvalue weighted by atomic mass is 9.86. The molecule has 0 N–H and O–H groups in total. The summed E-state index contributed by atoms with van der Waals surface area (Å²) in [7, 11) is 0. The summed E-state index contributed by atoms with van der Waals surface area (Å²) in [5, 5.41) is 0. The molecule has 0 unspecified atom stereocenters. The van der Waals surface area contributed by atoms with Gasteiger partial charge in [-0.25, -0.2) is 0 Å². The zero-order valence-electron chi connectivity index (χ0n) is 9.24. The summed E-state index contributed by atoms with van der Waals surface area (Å²) in [5.41, 5.74) is 0. The monoisotopic (exact) mass is 206 g/mol. The van der Waals surface area contributed by atoms with Crippen LogP contribution in [0.1, 0.15) is 26.2 Å². The second-order valence-electron chi connectivity index (χ2n) is 4.02. The molecule has 0 atom stereocenters.